The fourth-order valence-corrected chi connectivity index (χ4v) is 1.80. The molecular formula is C11H23NO2. The van der Waals surface area contributed by atoms with Crippen molar-refractivity contribution in [3.63, 3.8) is 0 Å². The highest BCUT2D eigenvalue weighted by Crippen LogP contribution is 2.21. The summed E-state index contributed by atoms with van der Waals surface area (Å²) in [5, 5.41) is 12.8. The highest BCUT2D eigenvalue weighted by molar-refractivity contribution is 4.76. The molecule has 2 atom stereocenters. The van der Waals surface area contributed by atoms with Gasteiger partial charge in [-0.1, -0.05) is 13.8 Å². The zero-order valence-corrected chi connectivity index (χ0v) is 9.33. The minimum absolute atomic E-state index is 0.106. The molecule has 1 fully saturated rings. The van der Waals surface area contributed by atoms with Crippen molar-refractivity contribution in [2.45, 2.75) is 57.8 Å². The summed E-state index contributed by atoms with van der Waals surface area (Å²) in [5.41, 5.74) is 0. The number of rotatable bonds is 6. The molecule has 1 aliphatic rings. The lowest BCUT2D eigenvalue weighted by Gasteiger charge is -2.15. The lowest BCUT2D eigenvalue weighted by Crippen LogP contribution is -2.27. The fourth-order valence-electron chi connectivity index (χ4n) is 1.80. The molecule has 0 amide bonds. The van der Waals surface area contributed by atoms with Crippen LogP contribution in [-0.2, 0) is 4.74 Å². The van der Waals surface area contributed by atoms with Gasteiger partial charge in [0, 0.05) is 12.6 Å². The Bertz CT molecular complexity index is 150. The molecule has 0 aromatic carbocycles. The van der Waals surface area contributed by atoms with E-state index in [0.717, 1.165) is 38.8 Å². The lowest BCUT2D eigenvalue weighted by atomic mass is 10.2. The smallest absolute Gasteiger partial charge is 0.0833 e. The first-order valence-electron chi connectivity index (χ1n) is 5.73. The van der Waals surface area contributed by atoms with E-state index in [0.29, 0.717) is 6.04 Å². The van der Waals surface area contributed by atoms with Crippen molar-refractivity contribution >= 4 is 0 Å². The standard InChI is InChI=1S/C11H23NO2/c1-9(2)12-7-4-8-14-11-6-3-5-10(11)13/h9-13H,3-8H2,1-2H3. The Morgan fingerprint density at radius 3 is 2.79 bits per heavy atom. The van der Waals surface area contributed by atoms with Gasteiger partial charge in [-0.3, -0.25) is 0 Å². The van der Waals surface area contributed by atoms with Gasteiger partial charge in [-0.15, -0.1) is 0 Å². The normalized spacial score (nSPS) is 27.4. The van der Waals surface area contributed by atoms with Gasteiger partial charge in [0.05, 0.1) is 12.2 Å². The first-order chi connectivity index (χ1) is 6.70. The first kappa shape index (κ1) is 12.0. The van der Waals surface area contributed by atoms with Gasteiger partial charge in [-0.25, -0.2) is 0 Å². The molecule has 0 saturated heterocycles. The number of nitrogens with one attached hydrogen (secondary N) is 1. The fraction of sp³-hybridized carbons (Fsp3) is 1.00. The van der Waals surface area contributed by atoms with Gasteiger partial charge >= 0.3 is 0 Å². The van der Waals surface area contributed by atoms with Crippen LogP contribution in [0.25, 0.3) is 0 Å². The third-order valence-corrected chi connectivity index (χ3v) is 2.62. The van der Waals surface area contributed by atoms with Crippen molar-refractivity contribution in [3.05, 3.63) is 0 Å². The number of hydrogen-bond donors (Lipinski definition) is 2. The lowest BCUT2D eigenvalue weighted by molar-refractivity contribution is -0.0191. The number of aliphatic hydroxyl groups is 1. The Kier molecular flexibility index (Phi) is 5.45. The van der Waals surface area contributed by atoms with Crippen molar-refractivity contribution in [1.29, 1.82) is 0 Å². The van der Waals surface area contributed by atoms with Crippen LogP contribution in [0, 0.1) is 0 Å². The molecular weight excluding hydrogens is 178 g/mol. The molecule has 0 aromatic heterocycles. The van der Waals surface area contributed by atoms with E-state index in [-0.39, 0.29) is 12.2 Å². The SMILES string of the molecule is CC(C)NCCCOC1CCCC1O. The molecule has 1 aliphatic carbocycles. The van der Waals surface area contributed by atoms with E-state index in [4.69, 9.17) is 4.74 Å². The van der Waals surface area contributed by atoms with E-state index in [2.05, 4.69) is 19.2 Å². The first-order valence-corrected chi connectivity index (χ1v) is 5.73. The van der Waals surface area contributed by atoms with Gasteiger partial charge in [0.1, 0.15) is 0 Å². The molecule has 0 spiro atoms. The van der Waals surface area contributed by atoms with Crippen LogP contribution in [0.1, 0.15) is 39.5 Å². The summed E-state index contributed by atoms with van der Waals surface area (Å²) in [6.07, 6.45) is 3.97. The van der Waals surface area contributed by atoms with E-state index in [1.165, 1.54) is 0 Å². The van der Waals surface area contributed by atoms with Gasteiger partial charge in [0.2, 0.25) is 0 Å². The summed E-state index contributed by atoms with van der Waals surface area (Å²) < 4.78 is 5.61. The number of aliphatic hydroxyl groups excluding tert-OH is 1. The summed E-state index contributed by atoms with van der Waals surface area (Å²) in [6, 6.07) is 0.548. The minimum atomic E-state index is -0.215. The summed E-state index contributed by atoms with van der Waals surface area (Å²) in [6.45, 7) is 6.05. The number of ether oxygens (including phenoxy) is 1. The van der Waals surface area contributed by atoms with Crippen molar-refractivity contribution in [1.82, 2.24) is 5.32 Å². The van der Waals surface area contributed by atoms with Gasteiger partial charge in [-0.05, 0) is 32.2 Å². The van der Waals surface area contributed by atoms with Gasteiger partial charge in [-0.2, -0.15) is 0 Å². The molecule has 2 unspecified atom stereocenters. The third-order valence-electron chi connectivity index (χ3n) is 2.62. The zero-order valence-electron chi connectivity index (χ0n) is 9.33. The second kappa shape index (κ2) is 6.38. The van der Waals surface area contributed by atoms with Crippen LogP contribution in [0.5, 0.6) is 0 Å². The second-order valence-corrected chi connectivity index (χ2v) is 4.37. The largest absolute Gasteiger partial charge is 0.390 e. The molecule has 84 valence electrons. The average molecular weight is 201 g/mol. The minimum Gasteiger partial charge on any atom is -0.390 e. The summed E-state index contributed by atoms with van der Waals surface area (Å²) >= 11 is 0. The Morgan fingerprint density at radius 1 is 1.43 bits per heavy atom. The van der Waals surface area contributed by atoms with E-state index in [1.54, 1.807) is 0 Å². The van der Waals surface area contributed by atoms with Crippen LogP contribution in [0.3, 0.4) is 0 Å². The maximum atomic E-state index is 9.49. The molecule has 14 heavy (non-hydrogen) atoms. The molecule has 3 nitrogen and oxygen atoms in total. The second-order valence-electron chi connectivity index (χ2n) is 4.37. The van der Waals surface area contributed by atoms with Crippen molar-refractivity contribution in [2.75, 3.05) is 13.2 Å². The van der Waals surface area contributed by atoms with Crippen LogP contribution >= 0.6 is 0 Å². The van der Waals surface area contributed by atoms with Crippen molar-refractivity contribution in [2.24, 2.45) is 0 Å². The van der Waals surface area contributed by atoms with Crippen molar-refractivity contribution < 1.29 is 9.84 Å². The predicted octanol–water partition coefficient (Wildman–Crippen LogP) is 1.30. The van der Waals surface area contributed by atoms with Crippen molar-refractivity contribution in [3.8, 4) is 0 Å². The van der Waals surface area contributed by atoms with Gasteiger partial charge in [0.15, 0.2) is 0 Å². The van der Waals surface area contributed by atoms with E-state index >= 15 is 0 Å². The van der Waals surface area contributed by atoms with Crippen LogP contribution < -0.4 is 5.32 Å². The topological polar surface area (TPSA) is 41.5 Å². The average Bonchev–Trinajstić information content (AvgIpc) is 2.51. The molecule has 0 aromatic rings. The Hall–Kier alpha value is -0.120. The molecule has 3 heteroatoms. The maximum Gasteiger partial charge on any atom is 0.0833 e. The highest BCUT2D eigenvalue weighted by Gasteiger charge is 2.25. The van der Waals surface area contributed by atoms with E-state index in [1.807, 2.05) is 0 Å². The van der Waals surface area contributed by atoms with Crippen LogP contribution in [0.2, 0.25) is 0 Å². The Morgan fingerprint density at radius 2 is 2.21 bits per heavy atom. The Labute approximate surface area is 86.8 Å². The summed E-state index contributed by atoms with van der Waals surface area (Å²) in [7, 11) is 0. The predicted molar refractivity (Wildman–Crippen MR) is 57.4 cm³/mol. The third kappa shape index (κ3) is 4.40. The quantitative estimate of drug-likeness (QED) is 0.637. The molecule has 1 rings (SSSR count). The van der Waals surface area contributed by atoms with Crippen LogP contribution in [0.15, 0.2) is 0 Å². The van der Waals surface area contributed by atoms with E-state index in [9.17, 15) is 5.11 Å². The van der Waals surface area contributed by atoms with Gasteiger partial charge < -0.3 is 15.2 Å². The molecule has 2 N–H and O–H groups in total. The molecule has 1 saturated carbocycles. The molecule has 0 bridgehead atoms. The summed E-state index contributed by atoms with van der Waals surface area (Å²) in [5.74, 6) is 0. The molecule has 0 heterocycles. The zero-order chi connectivity index (χ0) is 10.4. The maximum absolute atomic E-state index is 9.49. The Balaban J connectivity index is 1.93. The summed E-state index contributed by atoms with van der Waals surface area (Å²) in [4.78, 5) is 0. The van der Waals surface area contributed by atoms with Crippen LogP contribution in [0.4, 0.5) is 0 Å². The molecule has 0 aliphatic heterocycles. The van der Waals surface area contributed by atoms with E-state index < -0.39 is 0 Å². The van der Waals surface area contributed by atoms with Gasteiger partial charge in [0.25, 0.3) is 0 Å². The monoisotopic (exact) mass is 201 g/mol. The highest BCUT2D eigenvalue weighted by atomic mass is 16.5. The molecule has 0 radical (unpaired) electrons. The number of hydrogen-bond acceptors (Lipinski definition) is 3. The van der Waals surface area contributed by atoms with Crippen LogP contribution in [-0.4, -0.2) is 36.5 Å².